The van der Waals surface area contributed by atoms with E-state index in [1.54, 1.807) is 36.4 Å². The summed E-state index contributed by atoms with van der Waals surface area (Å²) in [6.45, 7) is -0.0356. The van der Waals surface area contributed by atoms with Gasteiger partial charge in [-0.1, -0.05) is 53.5 Å². The quantitative estimate of drug-likeness (QED) is 0.366. The molecule has 3 aromatic rings. The highest BCUT2D eigenvalue weighted by atomic mass is 35.5. The van der Waals surface area contributed by atoms with Gasteiger partial charge in [-0.25, -0.2) is 9.78 Å². The summed E-state index contributed by atoms with van der Waals surface area (Å²) >= 11 is 12.1. The molecule has 1 heterocycles. The average Bonchev–Trinajstić information content (AvgIpc) is 2.71. The normalized spacial score (nSPS) is 12.4. The van der Waals surface area contributed by atoms with Crippen LogP contribution in [0.1, 0.15) is 47.8 Å². The van der Waals surface area contributed by atoms with Crippen molar-refractivity contribution in [2.45, 2.75) is 6.61 Å². The van der Waals surface area contributed by atoms with Crippen LogP contribution in [0.15, 0.2) is 54.7 Å². The Morgan fingerprint density at radius 1 is 0.893 bits per heavy atom. The van der Waals surface area contributed by atoms with E-state index in [9.17, 15) is 14.4 Å². The lowest BCUT2D eigenvalue weighted by Gasteiger charge is -2.19. The zero-order valence-corrected chi connectivity index (χ0v) is 15.8. The molecular weight excluding hydrogens is 401 g/mol. The number of hydrogen-bond donors (Lipinski definition) is 0. The van der Waals surface area contributed by atoms with Crippen LogP contribution in [0.5, 0.6) is 0 Å². The number of ether oxygens (including phenoxy) is 1. The third-order valence-electron chi connectivity index (χ3n) is 4.41. The first-order valence-electron chi connectivity index (χ1n) is 8.26. The summed E-state index contributed by atoms with van der Waals surface area (Å²) in [4.78, 5) is 41.9. The number of fused-ring (bicyclic) bond motifs is 2. The van der Waals surface area contributed by atoms with Gasteiger partial charge in [0.15, 0.2) is 11.6 Å². The molecule has 1 aliphatic rings. The summed E-state index contributed by atoms with van der Waals surface area (Å²) in [6, 6.07) is 12.6. The first kappa shape index (κ1) is 18.3. The maximum Gasteiger partial charge on any atom is 0.340 e. The zero-order valence-electron chi connectivity index (χ0n) is 14.2. The number of benzene rings is 2. The standard InChI is InChI=1S/C21H11Cl2NO4/c22-16-8-5-11(9-24-16)10-28-21(27)15-7-6-14-17(18(15)23)20(26)13-4-2-1-3-12(13)19(14)25/h1-9H,10H2. The molecule has 0 fully saturated rings. The summed E-state index contributed by atoms with van der Waals surface area (Å²) in [5, 5.41) is 0.237. The molecule has 5 nitrogen and oxygen atoms in total. The van der Waals surface area contributed by atoms with Crippen LogP contribution >= 0.6 is 23.2 Å². The predicted molar refractivity (Wildman–Crippen MR) is 103 cm³/mol. The minimum Gasteiger partial charge on any atom is -0.457 e. The van der Waals surface area contributed by atoms with Gasteiger partial charge in [-0.15, -0.1) is 0 Å². The fourth-order valence-corrected chi connectivity index (χ4v) is 3.46. The molecular formula is C21H11Cl2NO4. The second-order valence-electron chi connectivity index (χ2n) is 6.12. The molecule has 0 radical (unpaired) electrons. The monoisotopic (exact) mass is 411 g/mol. The summed E-state index contributed by atoms with van der Waals surface area (Å²) in [5.74, 6) is -1.41. The number of pyridine rings is 1. The molecule has 0 atom stereocenters. The molecule has 4 rings (SSSR count). The zero-order chi connectivity index (χ0) is 19.8. The van der Waals surface area contributed by atoms with Crippen molar-refractivity contribution in [3.05, 3.63) is 98.3 Å². The lowest BCUT2D eigenvalue weighted by molar-refractivity contribution is 0.0472. The third-order valence-corrected chi connectivity index (χ3v) is 5.02. The maximum atomic E-state index is 12.9. The van der Waals surface area contributed by atoms with Crippen molar-refractivity contribution in [2.75, 3.05) is 0 Å². The Labute approximate surface area is 169 Å². The summed E-state index contributed by atoms with van der Waals surface area (Å²) in [5.41, 5.74) is 1.44. The van der Waals surface area contributed by atoms with Crippen LogP contribution in [0.2, 0.25) is 10.2 Å². The Bertz CT molecular complexity index is 1140. The number of hydrogen-bond acceptors (Lipinski definition) is 5. The van der Waals surface area contributed by atoms with Gasteiger partial charge in [0.1, 0.15) is 11.8 Å². The lowest BCUT2D eigenvalue weighted by atomic mass is 9.83. The van der Waals surface area contributed by atoms with Crippen molar-refractivity contribution in [1.29, 1.82) is 0 Å². The second kappa shape index (κ2) is 7.19. The van der Waals surface area contributed by atoms with Crippen molar-refractivity contribution in [2.24, 2.45) is 0 Å². The summed E-state index contributed by atoms with van der Waals surface area (Å²) in [7, 11) is 0. The van der Waals surface area contributed by atoms with E-state index in [1.165, 1.54) is 18.3 Å². The molecule has 0 bridgehead atoms. The Kier molecular flexibility index (Phi) is 4.71. The van der Waals surface area contributed by atoms with Crippen molar-refractivity contribution < 1.29 is 19.1 Å². The van der Waals surface area contributed by atoms with Crippen LogP contribution in [-0.2, 0) is 11.3 Å². The molecule has 28 heavy (non-hydrogen) atoms. The van der Waals surface area contributed by atoms with Gasteiger partial charge >= 0.3 is 5.97 Å². The molecule has 0 spiro atoms. The van der Waals surface area contributed by atoms with E-state index in [-0.39, 0.29) is 39.7 Å². The van der Waals surface area contributed by atoms with Crippen LogP contribution < -0.4 is 0 Å². The Morgan fingerprint density at radius 2 is 1.61 bits per heavy atom. The van der Waals surface area contributed by atoms with Gasteiger partial charge in [-0.05, 0) is 18.2 Å². The predicted octanol–water partition coefficient (Wildman–Crippen LogP) is 4.52. The summed E-state index contributed by atoms with van der Waals surface area (Å²) < 4.78 is 5.25. The van der Waals surface area contributed by atoms with Crippen LogP contribution in [0, 0.1) is 0 Å². The van der Waals surface area contributed by atoms with E-state index in [0.717, 1.165) is 0 Å². The van der Waals surface area contributed by atoms with E-state index >= 15 is 0 Å². The lowest BCUT2D eigenvalue weighted by Crippen LogP contribution is -2.22. The summed E-state index contributed by atoms with van der Waals surface area (Å²) in [6.07, 6.45) is 1.49. The van der Waals surface area contributed by atoms with Crippen LogP contribution in [0.25, 0.3) is 0 Å². The number of nitrogens with zero attached hydrogens (tertiary/aromatic N) is 1. The van der Waals surface area contributed by atoms with Gasteiger partial charge < -0.3 is 4.74 Å². The van der Waals surface area contributed by atoms with Gasteiger partial charge in [0.25, 0.3) is 0 Å². The number of esters is 1. The smallest absolute Gasteiger partial charge is 0.340 e. The molecule has 0 unspecified atom stereocenters. The molecule has 7 heteroatoms. The number of halogens is 2. The topological polar surface area (TPSA) is 73.3 Å². The highest BCUT2D eigenvalue weighted by molar-refractivity contribution is 6.41. The molecule has 2 aromatic carbocycles. The molecule has 0 aliphatic heterocycles. The largest absolute Gasteiger partial charge is 0.457 e. The average molecular weight is 412 g/mol. The van der Waals surface area contributed by atoms with Crippen LogP contribution in [0.4, 0.5) is 0 Å². The Hall–Kier alpha value is -3.02. The van der Waals surface area contributed by atoms with E-state index < -0.39 is 11.8 Å². The number of rotatable bonds is 3. The van der Waals surface area contributed by atoms with Crippen molar-refractivity contribution >= 4 is 40.7 Å². The second-order valence-corrected chi connectivity index (χ2v) is 6.88. The van der Waals surface area contributed by atoms with Gasteiger partial charge in [0.2, 0.25) is 0 Å². The van der Waals surface area contributed by atoms with Gasteiger partial charge in [0.05, 0.1) is 16.1 Å². The third kappa shape index (κ3) is 3.09. The van der Waals surface area contributed by atoms with Gasteiger partial charge in [0, 0.05) is 28.5 Å². The minimum atomic E-state index is -0.707. The molecule has 1 aromatic heterocycles. The highest BCUT2D eigenvalue weighted by Gasteiger charge is 2.33. The van der Waals surface area contributed by atoms with Gasteiger partial charge in [-0.2, -0.15) is 0 Å². The van der Waals surface area contributed by atoms with Crippen molar-refractivity contribution in [3.63, 3.8) is 0 Å². The SMILES string of the molecule is O=C(OCc1ccc(Cl)nc1)c1ccc2c(c1Cl)C(=O)c1ccccc1C2=O. The molecule has 138 valence electrons. The fourth-order valence-electron chi connectivity index (χ4n) is 3.02. The molecule has 0 saturated heterocycles. The number of carbonyl (C=O) groups is 3. The maximum absolute atomic E-state index is 12.9. The molecule has 0 amide bonds. The van der Waals surface area contributed by atoms with Crippen molar-refractivity contribution in [3.8, 4) is 0 Å². The van der Waals surface area contributed by atoms with Crippen molar-refractivity contribution in [1.82, 2.24) is 4.98 Å². The first-order valence-corrected chi connectivity index (χ1v) is 9.01. The first-order chi connectivity index (χ1) is 13.5. The Morgan fingerprint density at radius 3 is 2.29 bits per heavy atom. The number of ketones is 2. The van der Waals surface area contributed by atoms with Gasteiger partial charge in [-0.3, -0.25) is 9.59 Å². The molecule has 1 aliphatic carbocycles. The van der Waals surface area contributed by atoms with Crippen LogP contribution in [-0.4, -0.2) is 22.5 Å². The fraction of sp³-hybridized carbons (Fsp3) is 0.0476. The van der Waals surface area contributed by atoms with E-state index in [4.69, 9.17) is 27.9 Å². The van der Waals surface area contributed by atoms with E-state index in [1.807, 2.05) is 0 Å². The highest BCUT2D eigenvalue weighted by Crippen LogP contribution is 2.34. The number of carbonyl (C=O) groups excluding carboxylic acids is 3. The molecule has 0 saturated carbocycles. The molecule has 0 N–H and O–H groups in total. The van der Waals surface area contributed by atoms with Crippen LogP contribution in [0.3, 0.4) is 0 Å². The Balaban J connectivity index is 1.65. The van der Waals surface area contributed by atoms with E-state index in [2.05, 4.69) is 4.98 Å². The van der Waals surface area contributed by atoms with E-state index in [0.29, 0.717) is 16.3 Å². The minimum absolute atomic E-state index is 0.0165. The number of aromatic nitrogens is 1.